The lowest BCUT2D eigenvalue weighted by Crippen LogP contribution is -2.50. The number of sulfonamides is 1. The molecular weight excluding hydrogens is 434 g/mol. The average Bonchev–Trinajstić information content (AvgIpc) is 3.31. The lowest BCUT2D eigenvalue weighted by molar-refractivity contribution is 0.0952. The number of pyridine rings is 1. The molecule has 0 bridgehead atoms. The number of rotatable bonds is 7. The van der Waals surface area contributed by atoms with Gasteiger partial charge in [-0.15, -0.1) is 11.3 Å². The molecule has 1 amide bonds. The number of thiazole rings is 1. The summed E-state index contributed by atoms with van der Waals surface area (Å²) in [6, 6.07) is 15.3. The summed E-state index contributed by atoms with van der Waals surface area (Å²) in [6.45, 7) is 2.02. The van der Waals surface area contributed by atoms with E-state index in [0.29, 0.717) is 31.9 Å². The van der Waals surface area contributed by atoms with E-state index in [1.54, 1.807) is 11.6 Å². The summed E-state index contributed by atoms with van der Waals surface area (Å²) >= 11 is 1.38. The molecule has 3 heterocycles. The number of nitrogens with zero attached hydrogens (tertiary/aromatic N) is 4. The van der Waals surface area contributed by atoms with Gasteiger partial charge in [0.1, 0.15) is 16.5 Å². The van der Waals surface area contributed by atoms with Crippen molar-refractivity contribution in [3.8, 4) is 10.6 Å². The first-order valence-electron chi connectivity index (χ1n) is 9.96. The Morgan fingerprint density at radius 1 is 1.03 bits per heavy atom. The quantitative estimate of drug-likeness (QED) is 0.584. The number of carbonyl (C=O) groups is 1. The molecule has 0 aliphatic carbocycles. The Morgan fingerprint density at radius 3 is 2.48 bits per heavy atom. The summed E-state index contributed by atoms with van der Waals surface area (Å²) < 4.78 is 26.8. The van der Waals surface area contributed by atoms with Gasteiger partial charge in [-0.2, -0.15) is 4.31 Å². The van der Waals surface area contributed by atoms with E-state index in [2.05, 4.69) is 20.2 Å². The van der Waals surface area contributed by atoms with Crippen molar-refractivity contribution in [2.45, 2.75) is 0 Å². The molecule has 1 aliphatic rings. The third-order valence-corrected chi connectivity index (χ3v) is 7.77. The zero-order valence-corrected chi connectivity index (χ0v) is 18.5. The number of piperazine rings is 1. The molecule has 1 N–H and O–H groups in total. The fraction of sp³-hybridized carbons (Fsp3) is 0.286. The number of hydrogen-bond acceptors (Lipinski definition) is 7. The van der Waals surface area contributed by atoms with E-state index in [4.69, 9.17) is 0 Å². The van der Waals surface area contributed by atoms with Gasteiger partial charge >= 0.3 is 0 Å². The van der Waals surface area contributed by atoms with Gasteiger partial charge in [0.2, 0.25) is 10.0 Å². The lowest BCUT2D eigenvalue weighted by atomic mass is 10.2. The van der Waals surface area contributed by atoms with Crippen LogP contribution in [0.4, 0.5) is 5.82 Å². The molecular formula is C21H23N5O3S2. The predicted molar refractivity (Wildman–Crippen MR) is 122 cm³/mol. The fourth-order valence-corrected chi connectivity index (χ4v) is 5.48. The summed E-state index contributed by atoms with van der Waals surface area (Å²) in [5.74, 6) is 0.344. The Balaban J connectivity index is 1.26. The number of hydrogen-bond donors (Lipinski definition) is 1. The van der Waals surface area contributed by atoms with Gasteiger partial charge in [-0.3, -0.25) is 4.79 Å². The molecule has 0 saturated carbocycles. The van der Waals surface area contributed by atoms with Gasteiger partial charge in [0, 0.05) is 49.9 Å². The van der Waals surface area contributed by atoms with Gasteiger partial charge in [0.15, 0.2) is 0 Å². The molecule has 0 radical (unpaired) electrons. The number of nitrogens with one attached hydrogen (secondary N) is 1. The molecule has 10 heteroatoms. The van der Waals surface area contributed by atoms with Crippen molar-refractivity contribution in [3.05, 3.63) is 65.8 Å². The third kappa shape index (κ3) is 5.27. The highest BCUT2D eigenvalue weighted by molar-refractivity contribution is 7.89. The second-order valence-electron chi connectivity index (χ2n) is 7.05. The van der Waals surface area contributed by atoms with E-state index in [1.807, 2.05) is 48.5 Å². The summed E-state index contributed by atoms with van der Waals surface area (Å²) in [5, 5.41) is 5.11. The second-order valence-corrected chi connectivity index (χ2v) is 10.00. The van der Waals surface area contributed by atoms with E-state index in [9.17, 15) is 13.2 Å². The molecule has 3 aromatic rings. The van der Waals surface area contributed by atoms with Crippen LogP contribution < -0.4 is 10.2 Å². The highest BCUT2D eigenvalue weighted by Crippen LogP contribution is 2.23. The van der Waals surface area contributed by atoms with Crippen LogP contribution in [0, 0.1) is 0 Å². The zero-order chi connectivity index (χ0) is 21.7. The van der Waals surface area contributed by atoms with Crippen LogP contribution in [0.15, 0.2) is 60.1 Å². The first kappa shape index (κ1) is 21.4. The van der Waals surface area contributed by atoms with E-state index >= 15 is 0 Å². The second kappa shape index (κ2) is 9.54. The zero-order valence-electron chi connectivity index (χ0n) is 16.8. The maximum absolute atomic E-state index is 12.7. The maximum atomic E-state index is 12.7. The Labute approximate surface area is 185 Å². The highest BCUT2D eigenvalue weighted by Gasteiger charge is 2.27. The minimum atomic E-state index is -3.45. The minimum absolute atomic E-state index is 0.0415. The first-order chi connectivity index (χ1) is 15.0. The van der Waals surface area contributed by atoms with Crippen LogP contribution in [0.3, 0.4) is 0 Å². The van der Waals surface area contributed by atoms with Crippen LogP contribution in [0.5, 0.6) is 0 Å². The molecule has 1 saturated heterocycles. The van der Waals surface area contributed by atoms with Gasteiger partial charge in [-0.25, -0.2) is 18.4 Å². The van der Waals surface area contributed by atoms with Crippen molar-refractivity contribution < 1.29 is 13.2 Å². The summed E-state index contributed by atoms with van der Waals surface area (Å²) in [5.41, 5.74) is 1.24. The molecule has 1 aromatic carbocycles. The van der Waals surface area contributed by atoms with Gasteiger partial charge in [0.05, 0.1) is 5.75 Å². The normalized spacial score (nSPS) is 15.0. The molecule has 8 nitrogen and oxygen atoms in total. The van der Waals surface area contributed by atoms with Crippen LogP contribution in [0.25, 0.3) is 10.6 Å². The van der Waals surface area contributed by atoms with E-state index in [1.165, 1.54) is 15.6 Å². The lowest BCUT2D eigenvalue weighted by Gasteiger charge is -2.34. The van der Waals surface area contributed by atoms with Crippen molar-refractivity contribution in [1.29, 1.82) is 0 Å². The van der Waals surface area contributed by atoms with Crippen molar-refractivity contribution in [2.75, 3.05) is 43.4 Å². The average molecular weight is 458 g/mol. The molecule has 1 aliphatic heterocycles. The maximum Gasteiger partial charge on any atom is 0.270 e. The molecule has 1 fully saturated rings. The molecule has 0 atom stereocenters. The Morgan fingerprint density at radius 2 is 1.77 bits per heavy atom. The molecule has 0 spiro atoms. The topological polar surface area (TPSA) is 95.5 Å². The van der Waals surface area contributed by atoms with Gasteiger partial charge in [0.25, 0.3) is 5.91 Å². The number of anilines is 1. The van der Waals surface area contributed by atoms with Crippen molar-refractivity contribution in [2.24, 2.45) is 0 Å². The van der Waals surface area contributed by atoms with Crippen LogP contribution in [-0.2, 0) is 10.0 Å². The van der Waals surface area contributed by atoms with E-state index in [0.717, 1.165) is 16.4 Å². The Bertz CT molecular complexity index is 1110. The van der Waals surface area contributed by atoms with Crippen LogP contribution in [0.1, 0.15) is 10.5 Å². The fourth-order valence-electron chi connectivity index (χ4n) is 3.34. The summed E-state index contributed by atoms with van der Waals surface area (Å²) in [7, 11) is -3.45. The largest absolute Gasteiger partial charge is 0.354 e. The van der Waals surface area contributed by atoms with Gasteiger partial charge in [-0.05, 0) is 12.1 Å². The SMILES string of the molecule is O=C(NCCS(=O)(=O)N1CCN(c2ccccn2)CC1)c1csc(-c2ccccc2)n1. The Kier molecular flexibility index (Phi) is 6.59. The van der Waals surface area contributed by atoms with Crippen LogP contribution in [0.2, 0.25) is 0 Å². The standard InChI is InChI=1S/C21H23N5O3S2/c27-20(18-16-30-21(24-18)17-6-2-1-3-7-17)23-10-15-31(28,29)26-13-11-25(12-14-26)19-8-4-5-9-22-19/h1-9,16H,10-15H2,(H,23,27). The molecule has 4 rings (SSSR count). The van der Waals surface area contributed by atoms with E-state index in [-0.39, 0.29) is 18.2 Å². The number of benzene rings is 1. The minimum Gasteiger partial charge on any atom is -0.354 e. The van der Waals surface area contributed by atoms with E-state index < -0.39 is 10.0 Å². The molecule has 0 unspecified atom stereocenters. The van der Waals surface area contributed by atoms with Gasteiger partial charge < -0.3 is 10.2 Å². The summed E-state index contributed by atoms with van der Waals surface area (Å²) in [6.07, 6.45) is 1.73. The Hall–Kier alpha value is -2.82. The number of carbonyl (C=O) groups excluding carboxylic acids is 1. The molecule has 2 aromatic heterocycles. The van der Waals surface area contributed by atoms with Crippen molar-refractivity contribution >= 4 is 33.1 Å². The molecule has 162 valence electrons. The number of aromatic nitrogens is 2. The van der Waals surface area contributed by atoms with Crippen LogP contribution in [-0.4, -0.2) is 67.1 Å². The third-order valence-electron chi connectivity index (χ3n) is 5.01. The highest BCUT2D eigenvalue weighted by atomic mass is 32.2. The predicted octanol–water partition coefficient (Wildman–Crippen LogP) is 2.09. The van der Waals surface area contributed by atoms with Crippen LogP contribution >= 0.6 is 11.3 Å². The smallest absolute Gasteiger partial charge is 0.270 e. The summed E-state index contributed by atoms with van der Waals surface area (Å²) in [4.78, 5) is 23.1. The monoisotopic (exact) mass is 457 g/mol. The van der Waals surface area contributed by atoms with Crippen molar-refractivity contribution in [1.82, 2.24) is 19.6 Å². The first-order valence-corrected chi connectivity index (χ1v) is 12.4. The van der Waals surface area contributed by atoms with Crippen molar-refractivity contribution in [3.63, 3.8) is 0 Å². The van der Waals surface area contributed by atoms with Gasteiger partial charge in [-0.1, -0.05) is 36.4 Å². The molecule has 31 heavy (non-hydrogen) atoms. The number of amides is 1.